The van der Waals surface area contributed by atoms with Gasteiger partial charge in [-0.2, -0.15) is 0 Å². The van der Waals surface area contributed by atoms with Gasteiger partial charge >= 0.3 is 12.2 Å². The van der Waals surface area contributed by atoms with Crippen molar-refractivity contribution in [1.29, 1.82) is 0 Å². The lowest BCUT2D eigenvalue weighted by molar-refractivity contribution is -0.133. The van der Waals surface area contributed by atoms with Crippen LogP contribution in [-0.4, -0.2) is 106 Å². The summed E-state index contributed by atoms with van der Waals surface area (Å²) in [4.78, 5) is 67.4. The average molecular weight is 944 g/mol. The van der Waals surface area contributed by atoms with Gasteiger partial charge in [0.15, 0.2) is 0 Å². The Bertz CT molecular complexity index is 2550. The van der Waals surface area contributed by atoms with Crippen LogP contribution in [0.1, 0.15) is 180 Å². The van der Waals surface area contributed by atoms with E-state index in [0.717, 1.165) is 61.8 Å². The minimum absolute atomic E-state index is 0.0230. The third kappa shape index (κ3) is 10.8. The number of methoxy groups -OCH3 is 2. The number of H-pyrrole nitrogens is 2. The zero-order valence-electron chi connectivity index (χ0n) is 42.3. The van der Waals surface area contributed by atoms with Crippen LogP contribution in [-0.2, 0) is 19.1 Å². The Kier molecular flexibility index (Phi) is 16.4. The molecule has 5 N–H and O–H groups in total. The summed E-state index contributed by atoms with van der Waals surface area (Å²) in [5.41, 5.74) is 17.5. The molecular formula is C54H73N9O6. The van der Waals surface area contributed by atoms with Gasteiger partial charge in [-0.1, -0.05) is 58.7 Å². The Morgan fingerprint density at radius 2 is 1.48 bits per heavy atom. The van der Waals surface area contributed by atoms with Crippen LogP contribution in [0.3, 0.4) is 0 Å². The number of benzene rings is 2. The molecular weight excluding hydrogens is 871 g/mol. The van der Waals surface area contributed by atoms with Gasteiger partial charge in [0.1, 0.15) is 23.6 Å². The first kappa shape index (κ1) is 50.9. The fourth-order valence-electron chi connectivity index (χ4n) is 11.4. The number of aldehydes is 1. The summed E-state index contributed by atoms with van der Waals surface area (Å²) >= 11 is 0. The van der Waals surface area contributed by atoms with Gasteiger partial charge < -0.3 is 40.2 Å². The largest absolute Gasteiger partial charge is 0.453 e. The molecule has 3 amide bonds. The maximum atomic E-state index is 13.2. The molecule has 2 bridgehead atoms. The van der Waals surface area contributed by atoms with Gasteiger partial charge in [0, 0.05) is 36.2 Å². The third-order valence-electron chi connectivity index (χ3n) is 15.0. The predicted octanol–water partition coefficient (Wildman–Crippen LogP) is 9.44. The van der Waals surface area contributed by atoms with Crippen LogP contribution in [0.25, 0.3) is 22.4 Å². The van der Waals surface area contributed by atoms with Crippen LogP contribution < -0.4 is 11.1 Å². The molecule has 15 heteroatoms. The number of nitrogens with one attached hydrogen (secondary N) is 3. The number of rotatable bonds is 10. The molecule has 9 rings (SSSR count). The van der Waals surface area contributed by atoms with E-state index in [0.29, 0.717) is 42.5 Å². The molecule has 6 unspecified atom stereocenters. The number of imidazole rings is 2. The van der Waals surface area contributed by atoms with Crippen LogP contribution >= 0.6 is 0 Å². The van der Waals surface area contributed by atoms with Crippen molar-refractivity contribution in [2.75, 3.05) is 41.4 Å². The number of aromatic amines is 2. The molecule has 7 atom stereocenters. The van der Waals surface area contributed by atoms with Crippen molar-refractivity contribution in [2.45, 2.75) is 141 Å². The van der Waals surface area contributed by atoms with E-state index in [4.69, 9.17) is 9.97 Å². The van der Waals surface area contributed by atoms with Crippen molar-refractivity contribution >= 4 is 24.4 Å². The van der Waals surface area contributed by atoms with Crippen LogP contribution in [0.2, 0.25) is 0 Å². The first-order chi connectivity index (χ1) is 33.1. The van der Waals surface area contributed by atoms with Gasteiger partial charge in [0.05, 0.1) is 50.4 Å². The highest BCUT2D eigenvalue weighted by molar-refractivity contribution is 5.83. The molecule has 2 saturated heterocycles. The van der Waals surface area contributed by atoms with Crippen LogP contribution in [0.5, 0.6) is 0 Å². The summed E-state index contributed by atoms with van der Waals surface area (Å²) < 4.78 is 8.21. The highest BCUT2D eigenvalue weighted by Gasteiger charge is 2.43. The summed E-state index contributed by atoms with van der Waals surface area (Å²) in [5.74, 6) is 10.9. The quantitative estimate of drug-likeness (QED) is 0.0880. The summed E-state index contributed by atoms with van der Waals surface area (Å²) in [7, 11) is 6.96. The van der Waals surface area contributed by atoms with Crippen molar-refractivity contribution < 1.29 is 28.7 Å². The number of carbonyl (C=O) groups excluding carboxylic acids is 4. The summed E-state index contributed by atoms with van der Waals surface area (Å²) in [6.45, 7) is 14.6. The van der Waals surface area contributed by atoms with Crippen molar-refractivity contribution in [2.24, 2.45) is 17.6 Å². The number of hydrogen-bond donors (Lipinski definition) is 4. The second-order valence-electron chi connectivity index (χ2n) is 20.1. The molecule has 0 spiro atoms. The number of aromatic nitrogens is 4. The Labute approximate surface area is 408 Å². The molecule has 3 aliphatic heterocycles. The second-order valence-corrected chi connectivity index (χ2v) is 20.1. The molecule has 2 aromatic heterocycles. The maximum absolute atomic E-state index is 13.2. The van der Waals surface area contributed by atoms with Gasteiger partial charge in [-0.05, 0) is 148 Å². The van der Waals surface area contributed by atoms with Crippen molar-refractivity contribution in [3.05, 3.63) is 81.8 Å². The number of alkyl carbamates (subject to hydrolysis) is 1. The van der Waals surface area contributed by atoms with Crippen molar-refractivity contribution in [1.82, 2.24) is 40.0 Å². The predicted molar refractivity (Wildman–Crippen MR) is 267 cm³/mol. The standard InChI is InChI=1S/C45H55N7O.C7H13NO3.C2H5NO2/c1-7-36-43-34(35-25-47-45(49-35)38-11-9-21-52(38)39(53)22-26(2)3)19-18-32(40(43)27(4)51(36)6)33-17-15-28(41-29-12-13-30(23-29)42(33)41)14-16-31-24-46-44(48-31)37-10-8-20-50(37)5;1-5(2)6(4-9)8-7(10)11-3;1-5-2(3)4/h15,17-19,24-27,29-30,36-38H,7-13,20-23H2,1-6H3,(H,46,48)(H,47,49);4-6H,1-3H3,(H,8,10);1H3,(H2,3,4)/t27?,29?,30?,36?,37?,38-;;/m0../s1. The molecule has 370 valence electrons. The van der Waals surface area contributed by atoms with E-state index >= 15 is 0 Å². The van der Waals surface area contributed by atoms with E-state index < -0.39 is 18.2 Å². The molecule has 15 nitrogen and oxygen atoms in total. The van der Waals surface area contributed by atoms with E-state index in [1.54, 1.807) is 5.56 Å². The molecule has 5 heterocycles. The fourth-order valence-corrected chi connectivity index (χ4v) is 11.4. The minimum atomic E-state index is -0.745. The lowest BCUT2D eigenvalue weighted by Crippen LogP contribution is -2.39. The second kappa shape index (κ2) is 22.2. The van der Waals surface area contributed by atoms with Gasteiger partial charge in [-0.3, -0.25) is 14.6 Å². The number of fused-ring (bicyclic) bond motifs is 6. The summed E-state index contributed by atoms with van der Waals surface area (Å²) in [6, 6.07) is 9.96. The molecule has 2 aliphatic carbocycles. The third-order valence-corrected chi connectivity index (χ3v) is 15.0. The van der Waals surface area contributed by atoms with Gasteiger partial charge in [-0.25, -0.2) is 19.6 Å². The number of likely N-dealkylation sites (tertiary alicyclic amines) is 2. The summed E-state index contributed by atoms with van der Waals surface area (Å²) in [6.07, 6.45) is 13.0. The van der Waals surface area contributed by atoms with Crippen molar-refractivity contribution in [3.63, 3.8) is 0 Å². The maximum Gasteiger partial charge on any atom is 0.407 e. The number of nitrogens with zero attached hydrogens (tertiary/aromatic N) is 5. The Hall–Kier alpha value is -5.98. The van der Waals surface area contributed by atoms with Gasteiger partial charge in [0.2, 0.25) is 5.91 Å². The number of hydrogen-bond acceptors (Lipinski definition) is 10. The van der Waals surface area contributed by atoms with E-state index in [-0.39, 0.29) is 23.9 Å². The SMILES string of the molecule is CCC1c2c(-c3cnc([C@@H]4CCCN4C(=O)CC(C)C)[nH]3)ccc(-c3ccc(C#Cc4cnc(C5CCCN5C)[nH]4)c4c3C3CCC4C3)c2C(C)N1C.COC(=O)NC(C=O)C(C)C.COC(N)=O. The molecule has 1 saturated carbocycles. The Morgan fingerprint density at radius 1 is 0.841 bits per heavy atom. The van der Waals surface area contributed by atoms with Gasteiger partial charge in [-0.15, -0.1) is 0 Å². The average Bonchev–Trinajstić information content (AvgIpc) is 4.21. The molecule has 5 aliphatic rings. The van der Waals surface area contributed by atoms with Crippen LogP contribution in [0.4, 0.5) is 9.59 Å². The topological polar surface area (TPSA) is 192 Å². The molecule has 3 fully saturated rings. The van der Waals surface area contributed by atoms with E-state index in [9.17, 15) is 19.2 Å². The van der Waals surface area contributed by atoms with E-state index in [1.165, 1.54) is 78.8 Å². The highest BCUT2D eigenvalue weighted by Crippen LogP contribution is 2.59. The van der Waals surface area contributed by atoms with Crippen molar-refractivity contribution in [3.8, 4) is 34.2 Å². The summed E-state index contributed by atoms with van der Waals surface area (Å²) in [5, 5.41) is 2.39. The first-order valence-electron chi connectivity index (χ1n) is 24.9. The zero-order valence-corrected chi connectivity index (χ0v) is 42.3. The number of carbonyl (C=O) groups is 4. The Morgan fingerprint density at radius 3 is 2.12 bits per heavy atom. The number of primary amides is 1. The highest BCUT2D eigenvalue weighted by atomic mass is 16.5. The normalized spacial score (nSPS) is 22.8. The molecule has 4 aromatic rings. The molecule has 69 heavy (non-hydrogen) atoms. The monoisotopic (exact) mass is 944 g/mol. The number of amides is 3. The lowest BCUT2D eigenvalue weighted by Gasteiger charge is -2.24. The molecule has 2 aromatic carbocycles. The van der Waals surface area contributed by atoms with E-state index in [1.807, 2.05) is 26.2 Å². The Balaban J connectivity index is 0.000000379. The number of ether oxygens (including phenoxy) is 2. The number of nitrogens with two attached hydrogens (primary N) is 1. The zero-order chi connectivity index (χ0) is 49.7. The van der Waals surface area contributed by atoms with Gasteiger partial charge in [0.25, 0.3) is 0 Å². The van der Waals surface area contributed by atoms with E-state index in [2.05, 4.69) is 123 Å². The molecule has 0 radical (unpaired) electrons. The first-order valence-corrected chi connectivity index (χ1v) is 24.9. The smallest absolute Gasteiger partial charge is 0.407 e. The van der Waals surface area contributed by atoms with Crippen LogP contribution in [0.15, 0.2) is 36.7 Å². The minimum Gasteiger partial charge on any atom is -0.453 e. The fraction of sp³-hybridized carbons (Fsp3) is 0.556. The van der Waals surface area contributed by atoms with Crippen LogP contribution in [0, 0.1) is 23.7 Å². The lowest BCUT2D eigenvalue weighted by atomic mass is 9.80.